The third-order valence-corrected chi connectivity index (χ3v) is 8.87. The molecule has 0 aliphatic heterocycles. The number of thiophene rings is 1. The lowest BCUT2D eigenvalue weighted by Gasteiger charge is -2.56. The van der Waals surface area contributed by atoms with Gasteiger partial charge in [-0.25, -0.2) is 13.1 Å². The van der Waals surface area contributed by atoms with Gasteiger partial charge in [-0.3, -0.25) is 0 Å². The molecule has 0 spiro atoms. The van der Waals surface area contributed by atoms with Gasteiger partial charge in [0.15, 0.2) is 0 Å². The zero-order valence-electron chi connectivity index (χ0n) is 12.1. The molecule has 1 aromatic rings. The van der Waals surface area contributed by atoms with Gasteiger partial charge < -0.3 is 0 Å². The van der Waals surface area contributed by atoms with E-state index >= 15 is 0 Å². The Labute approximate surface area is 145 Å². The summed E-state index contributed by atoms with van der Waals surface area (Å²) in [7, 11) is -3.57. The summed E-state index contributed by atoms with van der Waals surface area (Å²) in [6, 6.07) is 1.44. The fourth-order valence-electron chi connectivity index (χ4n) is 5.34. The van der Waals surface area contributed by atoms with Crippen LogP contribution < -0.4 is 4.72 Å². The molecule has 4 saturated carbocycles. The van der Waals surface area contributed by atoms with Gasteiger partial charge in [0.1, 0.15) is 9.23 Å². The molecule has 4 aliphatic carbocycles. The third-order valence-electron chi connectivity index (χ3n) is 5.72. The fraction of sp³-hybridized carbons (Fsp3) is 0.733. The summed E-state index contributed by atoms with van der Waals surface area (Å²) in [5.41, 5.74) is 0.175. The number of sulfonamides is 1. The summed E-state index contributed by atoms with van der Waals surface area (Å²) in [4.78, 5) is 0.119. The average Bonchev–Trinajstić information content (AvgIpc) is 2.75. The molecule has 7 heteroatoms. The topological polar surface area (TPSA) is 46.2 Å². The molecule has 0 saturated heterocycles. The van der Waals surface area contributed by atoms with Gasteiger partial charge in [0.25, 0.3) is 0 Å². The lowest BCUT2D eigenvalue weighted by Crippen LogP contribution is -2.51. The van der Waals surface area contributed by atoms with Crippen molar-refractivity contribution in [3.63, 3.8) is 0 Å². The Hall–Kier alpha value is 0.190. The smallest absolute Gasteiger partial charge is 0.211 e. The van der Waals surface area contributed by atoms with Gasteiger partial charge in [0.2, 0.25) is 10.0 Å². The van der Waals surface area contributed by atoms with Crippen molar-refractivity contribution in [1.29, 1.82) is 0 Å². The molecule has 0 aromatic carbocycles. The van der Waals surface area contributed by atoms with Gasteiger partial charge in [-0.2, -0.15) is 0 Å². The van der Waals surface area contributed by atoms with Crippen molar-refractivity contribution >= 4 is 44.6 Å². The summed E-state index contributed by atoms with van der Waals surface area (Å²) in [5.74, 6) is 2.44. The fourth-order valence-corrected chi connectivity index (χ4v) is 8.65. The highest BCUT2D eigenvalue weighted by Crippen LogP contribution is 2.59. The van der Waals surface area contributed by atoms with Crippen LogP contribution in [0.3, 0.4) is 0 Å². The molecular formula is C15H19Cl2NO2S2. The normalized spacial score (nSPS) is 36.9. The second kappa shape index (κ2) is 5.35. The van der Waals surface area contributed by atoms with E-state index in [1.165, 1.54) is 44.6 Å². The van der Waals surface area contributed by atoms with E-state index in [9.17, 15) is 8.42 Å². The van der Waals surface area contributed by atoms with Crippen LogP contribution in [0.4, 0.5) is 0 Å². The predicted octanol–water partition coefficient (Wildman–Crippen LogP) is 4.55. The molecule has 1 heterocycles. The molecule has 4 fully saturated rings. The highest BCUT2D eigenvalue weighted by molar-refractivity contribution is 7.89. The lowest BCUT2D eigenvalue weighted by molar-refractivity contribution is -0.0487. The van der Waals surface area contributed by atoms with E-state index in [0.717, 1.165) is 29.1 Å². The maximum atomic E-state index is 12.5. The first kappa shape index (κ1) is 15.7. The van der Waals surface area contributed by atoms with Crippen LogP contribution >= 0.6 is 34.5 Å². The van der Waals surface area contributed by atoms with Crippen molar-refractivity contribution in [2.75, 3.05) is 6.54 Å². The van der Waals surface area contributed by atoms with Crippen LogP contribution in [0.1, 0.15) is 38.5 Å². The Bertz CT molecular complexity index is 663. The number of halogens is 2. The molecule has 122 valence electrons. The summed E-state index contributed by atoms with van der Waals surface area (Å²) >= 11 is 13.0. The summed E-state index contributed by atoms with van der Waals surface area (Å²) in [6.07, 6.45) is 7.62. The zero-order chi connectivity index (χ0) is 15.5. The molecule has 3 nitrogen and oxygen atoms in total. The quantitative estimate of drug-likeness (QED) is 0.833. The maximum absolute atomic E-state index is 12.5. The van der Waals surface area contributed by atoms with Crippen LogP contribution in [0.15, 0.2) is 11.0 Å². The van der Waals surface area contributed by atoms with Crippen molar-refractivity contribution in [2.45, 2.75) is 43.4 Å². The van der Waals surface area contributed by atoms with Crippen LogP contribution in [-0.2, 0) is 10.0 Å². The molecule has 0 amide bonds. The van der Waals surface area contributed by atoms with Crippen LogP contribution in [0, 0.1) is 23.2 Å². The Morgan fingerprint density at radius 3 is 2.14 bits per heavy atom. The highest BCUT2D eigenvalue weighted by atomic mass is 35.5. The largest absolute Gasteiger partial charge is 0.242 e. The van der Waals surface area contributed by atoms with E-state index in [4.69, 9.17) is 23.2 Å². The van der Waals surface area contributed by atoms with E-state index in [1.54, 1.807) is 0 Å². The summed E-state index contributed by atoms with van der Waals surface area (Å²) in [5, 5.41) is 0. The molecule has 0 atom stereocenters. The van der Waals surface area contributed by atoms with Crippen molar-refractivity contribution in [2.24, 2.45) is 23.2 Å². The Balaban J connectivity index is 1.52. The van der Waals surface area contributed by atoms with Crippen molar-refractivity contribution in [3.8, 4) is 0 Å². The molecular weight excluding hydrogens is 361 g/mol. The molecule has 4 aliphatic rings. The van der Waals surface area contributed by atoms with Crippen molar-refractivity contribution < 1.29 is 8.42 Å². The first-order chi connectivity index (χ1) is 10.4. The van der Waals surface area contributed by atoms with E-state index < -0.39 is 10.0 Å². The number of nitrogens with one attached hydrogen (secondary N) is 1. The van der Waals surface area contributed by atoms with E-state index in [-0.39, 0.29) is 14.6 Å². The van der Waals surface area contributed by atoms with Crippen LogP contribution in [0.25, 0.3) is 0 Å². The SMILES string of the molecule is O=S(=O)(NCC12CC3CC(CC(C3)C1)C2)c1cc(Cl)sc1Cl. The Morgan fingerprint density at radius 2 is 1.68 bits per heavy atom. The van der Waals surface area contributed by atoms with Gasteiger partial charge in [0, 0.05) is 6.54 Å². The molecule has 5 rings (SSSR count). The maximum Gasteiger partial charge on any atom is 0.242 e. The predicted molar refractivity (Wildman–Crippen MR) is 90.1 cm³/mol. The molecule has 22 heavy (non-hydrogen) atoms. The number of hydrogen-bond donors (Lipinski definition) is 1. The molecule has 4 bridgehead atoms. The molecule has 0 unspecified atom stereocenters. The van der Waals surface area contributed by atoms with Crippen molar-refractivity contribution in [3.05, 3.63) is 14.7 Å². The first-order valence-electron chi connectivity index (χ1n) is 7.80. The molecule has 0 radical (unpaired) electrons. The highest BCUT2D eigenvalue weighted by Gasteiger charge is 2.51. The van der Waals surface area contributed by atoms with Gasteiger partial charge in [0.05, 0.1) is 4.34 Å². The minimum Gasteiger partial charge on any atom is -0.211 e. The Morgan fingerprint density at radius 1 is 1.14 bits per heavy atom. The van der Waals surface area contributed by atoms with Crippen LogP contribution in [0.5, 0.6) is 0 Å². The number of rotatable bonds is 4. The van der Waals surface area contributed by atoms with Crippen molar-refractivity contribution in [1.82, 2.24) is 4.72 Å². The molecule has 1 N–H and O–H groups in total. The third kappa shape index (κ3) is 2.73. The van der Waals surface area contributed by atoms with E-state index in [1.807, 2.05) is 0 Å². The summed E-state index contributed by atoms with van der Waals surface area (Å²) in [6.45, 7) is 0.544. The number of hydrogen-bond acceptors (Lipinski definition) is 3. The minimum atomic E-state index is -3.57. The van der Waals surface area contributed by atoms with Crippen LogP contribution in [0.2, 0.25) is 8.67 Å². The lowest BCUT2D eigenvalue weighted by atomic mass is 9.50. The molecule has 1 aromatic heterocycles. The Kier molecular flexibility index (Phi) is 3.82. The van der Waals surface area contributed by atoms with Gasteiger partial charge in [-0.05, 0) is 67.8 Å². The van der Waals surface area contributed by atoms with E-state index in [0.29, 0.717) is 10.9 Å². The van der Waals surface area contributed by atoms with Crippen LogP contribution in [-0.4, -0.2) is 15.0 Å². The first-order valence-corrected chi connectivity index (χ1v) is 10.9. The van der Waals surface area contributed by atoms with Gasteiger partial charge >= 0.3 is 0 Å². The second-order valence-corrected chi connectivity index (χ2v) is 11.5. The monoisotopic (exact) mass is 379 g/mol. The zero-order valence-corrected chi connectivity index (χ0v) is 15.3. The summed E-state index contributed by atoms with van der Waals surface area (Å²) < 4.78 is 28.5. The van der Waals surface area contributed by atoms with Gasteiger partial charge in [-0.1, -0.05) is 23.2 Å². The van der Waals surface area contributed by atoms with Gasteiger partial charge in [-0.15, -0.1) is 11.3 Å². The minimum absolute atomic E-state index is 0.119. The average molecular weight is 380 g/mol. The standard InChI is InChI=1S/C15H19Cl2NO2S2/c16-13-4-12(14(17)21-13)22(19,20)18-8-15-5-9-1-10(6-15)3-11(2-9)7-15/h4,9-11,18H,1-3,5-8H2. The van der Waals surface area contributed by atoms with E-state index in [2.05, 4.69) is 4.72 Å². The second-order valence-electron chi connectivity index (χ2n) is 7.43.